The maximum Gasteiger partial charge on any atom is 0.119 e. The smallest absolute Gasteiger partial charge is 0.119 e. The van der Waals surface area contributed by atoms with Crippen LogP contribution < -0.4 is 4.74 Å². The Labute approximate surface area is 78.2 Å². The van der Waals surface area contributed by atoms with Gasteiger partial charge in [0.05, 0.1) is 12.2 Å². The summed E-state index contributed by atoms with van der Waals surface area (Å²) >= 11 is 0. The van der Waals surface area contributed by atoms with Crippen molar-refractivity contribution in [2.75, 3.05) is 6.61 Å². The van der Waals surface area contributed by atoms with Crippen LogP contribution in [0.25, 0.3) is 0 Å². The van der Waals surface area contributed by atoms with Gasteiger partial charge in [0.1, 0.15) is 5.75 Å². The van der Waals surface area contributed by atoms with E-state index in [-0.39, 0.29) is 0 Å². The molecule has 70 valence electrons. The third-order valence-corrected chi connectivity index (χ3v) is 2.41. The van der Waals surface area contributed by atoms with Crippen LogP contribution in [-0.4, -0.2) is 17.3 Å². The number of benzene rings is 1. The number of aliphatic hydroxyl groups is 1. The van der Waals surface area contributed by atoms with E-state index in [2.05, 4.69) is 0 Å². The summed E-state index contributed by atoms with van der Waals surface area (Å²) in [5.41, 5.74) is -0.394. The van der Waals surface area contributed by atoms with Crippen molar-refractivity contribution in [1.29, 1.82) is 0 Å². The summed E-state index contributed by atoms with van der Waals surface area (Å²) in [6.45, 7) is 0.612. The van der Waals surface area contributed by atoms with Crippen molar-refractivity contribution in [1.82, 2.24) is 0 Å². The first-order valence-corrected chi connectivity index (χ1v) is 4.69. The molecular formula is C11H14O2. The largest absolute Gasteiger partial charge is 0.493 e. The second kappa shape index (κ2) is 3.38. The summed E-state index contributed by atoms with van der Waals surface area (Å²) in [7, 11) is 0. The fourth-order valence-electron chi connectivity index (χ4n) is 1.27. The molecule has 0 atom stereocenters. The van der Waals surface area contributed by atoms with Crippen molar-refractivity contribution < 1.29 is 9.84 Å². The number of para-hydroxylation sites is 1. The zero-order valence-corrected chi connectivity index (χ0v) is 7.57. The van der Waals surface area contributed by atoms with Gasteiger partial charge in [0.2, 0.25) is 0 Å². The van der Waals surface area contributed by atoms with Gasteiger partial charge in [-0.15, -0.1) is 0 Å². The summed E-state index contributed by atoms with van der Waals surface area (Å²) in [4.78, 5) is 0. The van der Waals surface area contributed by atoms with E-state index < -0.39 is 5.60 Å². The van der Waals surface area contributed by atoms with Gasteiger partial charge in [-0.1, -0.05) is 18.2 Å². The van der Waals surface area contributed by atoms with E-state index in [1.54, 1.807) is 0 Å². The standard InChI is InChI=1S/C11H14O2/c12-11(6-7-11)8-9-13-10-4-2-1-3-5-10/h1-5,12H,6-9H2. The first-order valence-electron chi connectivity index (χ1n) is 4.69. The maximum absolute atomic E-state index is 9.53. The van der Waals surface area contributed by atoms with E-state index in [1.807, 2.05) is 30.3 Å². The quantitative estimate of drug-likeness (QED) is 0.764. The molecule has 1 N–H and O–H groups in total. The van der Waals surface area contributed by atoms with Crippen LogP contribution in [0.15, 0.2) is 30.3 Å². The predicted molar refractivity (Wildman–Crippen MR) is 50.7 cm³/mol. The summed E-state index contributed by atoms with van der Waals surface area (Å²) < 4.78 is 5.46. The van der Waals surface area contributed by atoms with Crippen LogP contribution >= 0.6 is 0 Å². The average molecular weight is 178 g/mol. The Morgan fingerprint density at radius 1 is 1.23 bits per heavy atom. The Balaban J connectivity index is 1.74. The molecule has 1 aromatic rings. The van der Waals surface area contributed by atoms with E-state index in [0.717, 1.165) is 25.0 Å². The molecule has 1 saturated carbocycles. The van der Waals surface area contributed by atoms with Gasteiger partial charge in [0.15, 0.2) is 0 Å². The highest BCUT2D eigenvalue weighted by molar-refractivity contribution is 5.20. The lowest BCUT2D eigenvalue weighted by Gasteiger charge is -2.08. The summed E-state index contributed by atoms with van der Waals surface area (Å²) in [5.74, 6) is 0.881. The molecule has 0 spiro atoms. The molecule has 0 radical (unpaired) electrons. The van der Waals surface area contributed by atoms with Crippen molar-refractivity contribution in [3.63, 3.8) is 0 Å². The van der Waals surface area contributed by atoms with E-state index in [0.29, 0.717) is 6.61 Å². The Bertz CT molecular complexity index is 265. The summed E-state index contributed by atoms with van der Waals surface area (Å²) in [6, 6.07) is 9.71. The lowest BCUT2D eigenvalue weighted by atomic mass is 10.2. The highest BCUT2D eigenvalue weighted by atomic mass is 16.5. The Morgan fingerprint density at radius 2 is 1.92 bits per heavy atom. The molecule has 1 aliphatic rings. The topological polar surface area (TPSA) is 29.5 Å². The normalized spacial score (nSPS) is 18.2. The van der Waals surface area contributed by atoms with Gasteiger partial charge in [-0.25, -0.2) is 0 Å². The zero-order chi connectivity index (χ0) is 9.15. The van der Waals surface area contributed by atoms with E-state index >= 15 is 0 Å². The van der Waals surface area contributed by atoms with Crippen molar-refractivity contribution in [2.45, 2.75) is 24.9 Å². The van der Waals surface area contributed by atoms with E-state index in [9.17, 15) is 5.11 Å². The van der Waals surface area contributed by atoms with Crippen LogP contribution in [0.4, 0.5) is 0 Å². The Hall–Kier alpha value is -1.02. The Kier molecular flexibility index (Phi) is 2.23. The van der Waals surface area contributed by atoms with Gasteiger partial charge >= 0.3 is 0 Å². The van der Waals surface area contributed by atoms with Gasteiger partial charge in [0.25, 0.3) is 0 Å². The first-order chi connectivity index (χ1) is 6.29. The van der Waals surface area contributed by atoms with Crippen LogP contribution in [0.2, 0.25) is 0 Å². The molecule has 13 heavy (non-hydrogen) atoms. The minimum Gasteiger partial charge on any atom is -0.493 e. The fourth-order valence-corrected chi connectivity index (χ4v) is 1.27. The average Bonchev–Trinajstić information content (AvgIpc) is 2.86. The minimum absolute atomic E-state index is 0.394. The van der Waals surface area contributed by atoms with Crippen LogP contribution in [0.1, 0.15) is 19.3 Å². The summed E-state index contributed by atoms with van der Waals surface area (Å²) in [6.07, 6.45) is 2.62. The molecule has 1 aliphatic carbocycles. The third kappa shape index (κ3) is 2.46. The molecule has 0 amide bonds. The second-order valence-electron chi connectivity index (χ2n) is 3.64. The molecule has 0 aromatic heterocycles. The van der Waals surface area contributed by atoms with Crippen LogP contribution in [0, 0.1) is 0 Å². The van der Waals surface area contributed by atoms with Gasteiger partial charge in [-0.3, -0.25) is 0 Å². The SMILES string of the molecule is OC1(CCOc2ccccc2)CC1. The van der Waals surface area contributed by atoms with Gasteiger partial charge in [-0.05, 0) is 25.0 Å². The molecule has 0 bridgehead atoms. The Morgan fingerprint density at radius 3 is 2.54 bits per heavy atom. The lowest BCUT2D eigenvalue weighted by molar-refractivity contribution is 0.117. The van der Waals surface area contributed by atoms with Crippen molar-refractivity contribution >= 4 is 0 Å². The number of ether oxygens (including phenoxy) is 1. The maximum atomic E-state index is 9.53. The van der Waals surface area contributed by atoms with Crippen LogP contribution in [0.5, 0.6) is 5.75 Å². The van der Waals surface area contributed by atoms with Gasteiger partial charge in [-0.2, -0.15) is 0 Å². The number of rotatable bonds is 4. The molecule has 2 heteroatoms. The molecule has 0 saturated heterocycles. The highest BCUT2D eigenvalue weighted by Crippen LogP contribution is 2.38. The van der Waals surface area contributed by atoms with E-state index in [1.165, 1.54) is 0 Å². The molecule has 0 heterocycles. The fraction of sp³-hybridized carbons (Fsp3) is 0.455. The molecule has 0 unspecified atom stereocenters. The van der Waals surface area contributed by atoms with Crippen LogP contribution in [0.3, 0.4) is 0 Å². The molecule has 0 aliphatic heterocycles. The molecule has 2 rings (SSSR count). The molecule has 1 aromatic carbocycles. The van der Waals surface area contributed by atoms with Crippen molar-refractivity contribution in [2.24, 2.45) is 0 Å². The molecule has 1 fully saturated rings. The minimum atomic E-state index is -0.394. The van der Waals surface area contributed by atoms with Crippen molar-refractivity contribution in [3.8, 4) is 5.75 Å². The van der Waals surface area contributed by atoms with Gasteiger partial charge in [0, 0.05) is 6.42 Å². The monoisotopic (exact) mass is 178 g/mol. The van der Waals surface area contributed by atoms with E-state index in [4.69, 9.17) is 4.74 Å². The highest BCUT2D eigenvalue weighted by Gasteiger charge is 2.39. The second-order valence-corrected chi connectivity index (χ2v) is 3.64. The van der Waals surface area contributed by atoms with Crippen LogP contribution in [-0.2, 0) is 0 Å². The lowest BCUT2D eigenvalue weighted by Crippen LogP contribution is -2.12. The number of hydrogen-bond donors (Lipinski definition) is 1. The zero-order valence-electron chi connectivity index (χ0n) is 7.57. The molecular weight excluding hydrogens is 164 g/mol. The summed E-state index contributed by atoms with van der Waals surface area (Å²) in [5, 5.41) is 9.53. The van der Waals surface area contributed by atoms with Gasteiger partial charge < -0.3 is 9.84 Å². The number of hydrogen-bond acceptors (Lipinski definition) is 2. The van der Waals surface area contributed by atoms with Crippen molar-refractivity contribution in [3.05, 3.63) is 30.3 Å². The predicted octanol–water partition coefficient (Wildman–Crippen LogP) is 1.98. The third-order valence-electron chi connectivity index (χ3n) is 2.41. The first kappa shape index (κ1) is 8.57. The molecule has 2 nitrogen and oxygen atoms in total.